The van der Waals surface area contributed by atoms with E-state index in [1.807, 2.05) is 12.1 Å². The second kappa shape index (κ2) is 19.5. The van der Waals surface area contributed by atoms with Crippen LogP contribution in [0.3, 0.4) is 0 Å². The minimum atomic E-state index is -5.72. The standard InChI is InChI=1S/C41H45N11O15P2/c1-3-42-40(53)49-24-15-16-44-34-27(24)47-20-51(34)36-31-29(63-38(65-31)22-11-7-5-8-12-22)25(61-36)17-59-68(55,56)67-69(57,58)60-18-26-30-32(66-39(64-30)23-13-9-6-10-14-23)37(62-26)52-21-48-28-33(45-19-46-35(28)52)50-41(54)43-4-2/h5-16,19-21,25-26,29-32,36-39H,3-4,17-18H2,1-2H3,(H,55,56)(H,57,58)(H2,42,44,49,53)(H2,43,45,46,50,54)/p-2/t25-,26-,29+,30?,31?,32?,36-,37-,38?,39?/m1/s1. The molecule has 7 unspecified atom stereocenters. The maximum absolute atomic E-state index is 13.3. The van der Waals surface area contributed by atoms with Gasteiger partial charge in [0.15, 0.2) is 47.7 Å². The average Bonchev–Trinajstić information content (AvgIpc) is 4.20. The number of urea groups is 2. The molecule has 0 saturated carbocycles. The van der Waals surface area contributed by atoms with E-state index in [4.69, 9.17) is 37.5 Å². The van der Waals surface area contributed by atoms with Crippen molar-refractivity contribution in [3.8, 4) is 0 Å². The smallest absolute Gasteiger partial charge is 0.320 e. The summed E-state index contributed by atoms with van der Waals surface area (Å²) in [5.74, 6) is 0.115. The van der Waals surface area contributed by atoms with Gasteiger partial charge in [0.25, 0.3) is 15.6 Å². The first-order valence-electron chi connectivity index (χ1n) is 21.6. The summed E-state index contributed by atoms with van der Waals surface area (Å²) in [4.78, 5) is 73.0. The number of rotatable bonds is 16. The Balaban J connectivity index is 0.832. The highest BCUT2D eigenvalue weighted by molar-refractivity contribution is 7.59. The van der Waals surface area contributed by atoms with Gasteiger partial charge in [-0.3, -0.25) is 23.6 Å². The Kier molecular flexibility index (Phi) is 13.3. The van der Waals surface area contributed by atoms with E-state index in [9.17, 15) is 28.5 Å². The van der Waals surface area contributed by atoms with E-state index >= 15 is 0 Å². The molecule has 4 amide bonds. The normalized spacial score (nSPS) is 27.9. The lowest BCUT2D eigenvalue weighted by Gasteiger charge is -2.32. The first-order chi connectivity index (χ1) is 33.4. The van der Waals surface area contributed by atoms with Gasteiger partial charge in [0.2, 0.25) is 0 Å². The van der Waals surface area contributed by atoms with Crippen LogP contribution < -0.4 is 31.1 Å². The van der Waals surface area contributed by atoms with Crippen LogP contribution in [0, 0.1) is 0 Å². The molecule has 8 heterocycles. The number of carbonyl (C=O) groups is 2. The summed E-state index contributed by atoms with van der Waals surface area (Å²) >= 11 is 0. The molecule has 4 N–H and O–H groups in total. The fraction of sp³-hybridized carbons (Fsp3) is 0.390. The number of nitrogens with one attached hydrogen (secondary N) is 4. The lowest BCUT2D eigenvalue weighted by atomic mass is 10.1. The summed E-state index contributed by atoms with van der Waals surface area (Å²) in [6, 6.07) is 18.6. The van der Waals surface area contributed by atoms with E-state index in [0.717, 1.165) is 0 Å². The van der Waals surface area contributed by atoms with E-state index < -0.39 is 103 Å². The van der Waals surface area contributed by atoms with Gasteiger partial charge in [-0.15, -0.1) is 0 Å². The minimum absolute atomic E-state index is 0.115. The van der Waals surface area contributed by atoms with Crippen LogP contribution in [0.4, 0.5) is 21.1 Å². The van der Waals surface area contributed by atoms with Gasteiger partial charge in [-0.1, -0.05) is 60.7 Å². The Morgan fingerprint density at radius 1 is 0.623 bits per heavy atom. The molecule has 69 heavy (non-hydrogen) atoms. The van der Waals surface area contributed by atoms with E-state index in [1.165, 1.54) is 29.7 Å². The van der Waals surface area contributed by atoms with Crippen molar-refractivity contribution in [2.24, 2.45) is 0 Å². The van der Waals surface area contributed by atoms with Gasteiger partial charge in [0, 0.05) is 30.4 Å². The maximum Gasteiger partial charge on any atom is 0.320 e. The first kappa shape index (κ1) is 46.9. The molecule has 26 nitrogen and oxygen atoms in total. The first-order valence-corrected chi connectivity index (χ1v) is 24.5. The monoisotopic (exact) mass is 991 g/mol. The lowest BCUT2D eigenvalue weighted by molar-refractivity contribution is -0.247. The highest BCUT2D eigenvalue weighted by Gasteiger charge is 2.56. The van der Waals surface area contributed by atoms with Crippen LogP contribution in [-0.2, 0) is 50.9 Å². The zero-order chi connectivity index (χ0) is 47.9. The predicted molar refractivity (Wildman–Crippen MR) is 232 cm³/mol. The second-order valence-electron chi connectivity index (χ2n) is 15.8. The molecule has 0 radical (unpaired) electrons. The van der Waals surface area contributed by atoms with Gasteiger partial charge in [-0.05, 0) is 19.9 Å². The number of nitrogens with zero attached hydrogens (tertiary/aromatic N) is 7. The number of hydrogen-bond acceptors (Lipinski definition) is 20. The summed E-state index contributed by atoms with van der Waals surface area (Å²) in [5, 5.41) is 10.6. The molecule has 4 saturated heterocycles. The third-order valence-corrected chi connectivity index (χ3v) is 13.9. The van der Waals surface area contributed by atoms with Gasteiger partial charge >= 0.3 is 12.1 Å². The molecule has 2 aromatic carbocycles. The van der Waals surface area contributed by atoms with Gasteiger partial charge in [-0.25, -0.2) is 38.8 Å². The van der Waals surface area contributed by atoms with E-state index in [1.54, 1.807) is 73.0 Å². The summed E-state index contributed by atoms with van der Waals surface area (Å²) in [7, 11) is -11.4. The van der Waals surface area contributed by atoms with E-state index in [-0.39, 0.29) is 17.0 Å². The molecule has 0 aliphatic carbocycles. The van der Waals surface area contributed by atoms with Crippen LogP contribution in [0.1, 0.15) is 50.0 Å². The predicted octanol–water partition coefficient (Wildman–Crippen LogP) is 3.30. The Morgan fingerprint density at radius 3 is 1.65 bits per heavy atom. The molecule has 4 aliphatic heterocycles. The Hall–Kier alpha value is -5.83. The minimum Gasteiger partial charge on any atom is -0.756 e. The van der Waals surface area contributed by atoms with Crippen molar-refractivity contribution >= 4 is 61.5 Å². The number of imidazole rings is 2. The Bertz CT molecular complexity index is 2730. The van der Waals surface area contributed by atoms with Gasteiger partial charge < -0.3 is 63.2 Å². The average molecular weight is 992 g/mol. The lowest BCUT2D eigenvalue weighted by Crippen LogP contribution is -2.33. The number of anilines is 2. The molecule has 28 heteroatoms. The third kappa shape index (κ3) is 9.72. The molecule has 12 atom stereocenters. The second-order valence-corrected chi connectivity index (χ2v) is 18.7. The third-order valence-electron chi connectivity index (χ3n) is 11.4. The van der Waals surface area contributed by atoms with E-state index in [0.29, 0.717) is 41.1 Å². The molecule has 0 spiro atoms. The van der Waals surface area contributed by atoms with Crippen LogP contribution in [0.5, 0.6) is 0 Å². The molecule has 6 aromatic rings. The van der Waals surface area contributed by atoms with Crippen LogP contribution in [0.2, 0.25) is 0 Å². The van der Waals surface area contributed by atoms with Crippen LogP contribution in [-0.4, -0.2) is 109 Å². The summed E-state index contributed by atoms with van der Waals surface area (Å²) in [5.41, 5.74) is 2.76. The summed E-state index contributed by atoms with van der Waals surface area (Å²) in [6.07, 6.45) is -4.45. The number of fused-ring (bicyclic) bond motifs is 4. The van der Waals surface area contributed by atoms with Crippen molar-refractivity contribution in [2.75, 3.05) is 36.9 Å². The number of ether oxygens (including phenoxy) is 6. The number of hydrogen-bond donors (Lipinski definition) is 4. The highest BCUT2D eigenvalue weighted by atomic mass is 31.3. The molecule has 10 rings (SSSR count). The molecule has 4 aromatic heterocycles. The molecule has 0 bridgehead atoms. The summed E-state index contributed by atoms with van der Waals surface area (Å²) in [6.45, 7) is 2.72. The van der Waals surface area contributed by atoms with E-state index in [2.05, 4.69) is 50.5 Å². The fourth-order valence-corrected chi connectivity index (χ4v) is 10.4. The van der Waals surface area contributed by atoms with Crippen molar-refractivity contribution in [3.63, 3.8) is 0 Å². The van der Waals surface area contributed by atoms with Crippen molar-refractivity contribution < 1.29 is 70.3 Å². The number of benzene rings is 2. The van der Waals surface area contributed by atoms with Crippen LogP contribution in [0.15, 0.2) is 91.9 Å². The number of carbonyl (C=O) groups excluding carboxylic acids is 2. The van der Waals surface area contributed by atoms with Gasteiger partial charge in [0.05, 0.1) is 31.6 Å². The zero-order valence-electron chi connectivity index (χ0n) is 36.4. The molecule has 4 aliphatic rings. The number of phosphoric acid groups is 2. The molecule has 364 valence electrons. The molecule has 4 fully saturated rings. The van der Waals surface area contributed by atoms with Gasteiger partial charge in [-0.2, -0.15) is 0 Å². The molecular formula is C41H43N11O15P2-2. The highest BCUT2D eigenvalue weighted by Crippen LogP contribution is 2.57. The number of phosphoric ester groups is 2. The maximum atomic E-state index is 13.3. The SMILES string of the molecule is CCNC(=O)Nc1ncnc2c1ncn2[C@@H]1O[C@H](COP(=O)([O-])OP(=O)([O-])OC[C@H]2O[C@@H](n3cnc4c(NC(=O)NCC)ccnc43)C3OC(c4ccccc4)O[C@H]32)C2OC(c3ccccc3)OC21. The van der Waals surface area contributed by atoms with Crippen LogP contribution in [0.25, 0.3) is 22.3 Å². The molecular weight excluding hydrogens is 948 g/mol. The quantitative estimate of drug-likeness (QED) is 0.101. The Labute approximate surface area is 391 Å². The fourth-order valence-electron chi connectivity index (χ4n) is 8.41. The number of amides is 4. The van der Waals surface area contributed by atoms with Crippen molar-refractivity contribution in [2.45, 2.75) is 75.5 Å². The largest absolute Gasteiger partial charge is 0.756 e. The topological polar surface area (TPSA) is 320 Å². The number of pyridine rings is 1. The number of aromatic nitrogens is 7. The van der Waals surface area contributed by atoms with Crippen LogP contribution >= 0.6 is 15.6 Å². The van der Waals surface area contributed by atoms with Gasteiger partial charge in [0.1, 0.15) is 48.5 Å². The Morgan fingerprint density at radius 2 is 1.12 bits per heavy atom. The van der Waals surface area contributed by atoms with Crippen molar-refractivity contribution in [3.05, 3.63) is 103 Å². The van der Waals surface area contributed by atoms with Crippen molar-refractivity contribution in [1.29, 1.82) is 0 Å². The zero-order valence-corrected chi connectivity index (χ0v) is 38.2. The summed E-state index contributed by atoms with van der Waals surface area (Å²) < 4.78 is 82.2. The van der Waals surface area contributed by atoms with Crippen molar-refractivity contribution in [1.82, 2.24) is 44.7 Å².